The first kappa shape index (κ1) is 19.8. The predicted octanol–water partition coefficient (Wildman–Crippen LogP) is 0.801. The average Bonchev–Trinajstić information content (AvgIpc) is 2.38. The molecule has 0 aromatic carbocycles. The van der Waals surface area contributed by atoms with Crippen LogP contribution in [0.3, 0.4) is 0 Å². The summed E-state index contributed by atoms with van der Waals surface area (Å²) in [6.07, 6.45) is 8.83. The fraction of sp³-hybridized carbons (Fsp3) is 0.727. The van der Waals surface area contributed by atoms with Crippen molar-refractivity contribution < 1.29 is 4.79 Å². The largest absolute Gasteiger partial charge is 0.333 e. The maximum atomic E-state index is 10.00. The van der Waals surface area contributed by atoms with E-state index in [4.69, 9.17) is 0 Å². The van der Waals surface area contributed by atoms with Gasteiger partial charge in [-0.3, -0.25) is 4.79 Å². The maximum Gasteiger partial charge on any atom is 0.142 e. The molecule has 4 nitrogen and oxygen atoms in total. The van der Waals surface area contributed by atoms with E-state index in [2.05, 4.69) is 17.2 Å². The summed E-state index contributed by atoms with van der Waals surface area (Å²) in [6, 6.07) is 0. The van der Waals surface area contributed by atoms with Crippen LogP contribution in [0.1, 0.15) is 32.1 Å². The lowest BCUT2D eigenvalue weighted by Gasteiger charge is -2.11. The van der Waals surface area contributed by atoms with E-state index in [0.717, 1.165) is 19.1 Å². The normalized spacial score (nSPS) is 12.8. The first-order valence-electron chi connectivity index (χ1n) is 5.30. The number of aldehydes is 1. The second-order valence-corrected chi connectivity index (χ2v) is 2.52. The molecule has 1 aliphatic rings. The van der Waals surface area contributed by atoms with Crippen molar-refractivity contribution in [2.75, 3.05) is 21.1 Å². The molecule has 15 heavy (non-hydrogen) atoms. The van der Waals surface area contributed by atoms with Gasteiger partial charge in [-0.05, 0) is 52.9 Å². The van der Waals surface area contributed by atoms with Crippen molar-refractivity contribution in [2.24, 2.45) is 17.2 Å². The lowest BCUT2D eigenvalue weighted by molar-refractivity contribution is -0.104. The Hall–Kier alpha value is -0.710. The van der Waals surface area contributed by atoms with E-state index in [9.17, 15) is 4.79 Å². The van der Waals surface area contributed by atoms with Gasteiger partial charge in [0.05, 0.1) is 0 Å². The van der Waals surface area contributed by atoms with Crippen molar-refractivity contribution >= 4 is 6.29 Å². The molecule has 0 saturated heterocycles. The van der Waals surface area contributed by atoms with Crippen LogP contribution in [0.25, 0.3) is 0 Å². The van der Waals surface area contributed by atoms with Gasteiger partial charge in [0.25, 0.3) is 0 Å². The van der Waals surface area contributed by atoms with Crippen molar-refractivity contribution in [1.29, 1.82) is 0 Å². The molecule has 0 spiro atoms. The quantitative estimate of drug-likeness (QED) is 0.447. The minimum absolute atomic E-state index is 0.903. The average molecular weight is 217 g/mol. The first-order valence-corrected chi connectivity index (χ1v) is 5.30. The van der Waals surface area contributed by atoms with E-state index in [1.54, 1.807) is 6.08 Å². The van der Waals surface area contributed by atoms with Gasteiger partial charge in [0.15, 0.2) is 0 Å². The minimum Gasteiger partial charge on any atom is -0.333 e. The highest BCUT2D eigenvalue weighted by molar-refractivity contribution is 5.66. The van der Waals surface area contributed by atoms with E-state index in [-0.39, 0.29) is 0 Å². The van der Waals surface area contributed by atoms with Gasteiger partial charge in [-0.1, -0.05) is 12.0 Å². The van der Waals surface area contributed by atoms with Gasteiger partial charge in [-0.25, -0.2) is 0 Å². The van der Waals surface area contributed by atoms with Crippen molar-refractivity contribution in [3.05, 3.63) is 11.6 Å². The van der Waals surface area contributed by atoms with Crippen molar-refractivity contribution in [3.8, 4) is 0 Å². The van der Waals surface area contributed by atoms with Crippen LogP contribution in [-0.4, -0.2) is 27.4 Å². The molecule has 1 saturated carbocycles. The zero-order valence-electron chi connectivity index (χ0n) is 10.3. The van der Waals surface area contributed by atoms with Crippen LogP contribution in [0.5, 0.6) is 0 Å². The SMILES string of the molecule is CN.CN.CN.O=CC=C1CCCCC1. The van der Waals surface area contributed by atoms with Crippen molar-refractivity contribution in [2.45, 2.75) is 32.1 Å². The topological polar surface area (TPSA) is 95.1 Å². The highest BCUT2D eigenvalue weighted by Crippen LogP contribution is 2.21. The third-order valence-electron chi connectivity index (χ3n) is 1.80. The van der Waals surface area contributed by atoms with E-state index in [1.807, 2.05) is 0 Å². The molecule has 0 bridgehead atoms. The smallest absolute Gasteiger partial charge is 0.142 e. The molecule has 0 aromatic heterocycles. The van der Waals surface area contributed by atoms with Crippen LogP contribution < -0.4 is 17.2 Å². The highest BCUT2D eigenvalue weighted by Gasteiger charge is 2.03. The molecular weight excluding hydrogens is 190 g/mol. The molecule has 1 rings (SSSR count). The monoisotopic (exact) mass is 217 g/mol. The summed E-state index contributed by atoms with van der Waals surface area (Å²) in [4.78, 5) is 10.00. The summed E-state index contributed by atoms with van der Waals surface area (Å²) in [5.74, 6) is 0. The maximum absolute atomic E-state index is 10.00. The van der Waals surface area contributed by atoms with Crippen LogP contribution in [-0.2, 0) is 4.79 Å². The van der Waals surface area contributed by atoms with Gasteiger partial charge in [0, 0.05) is 0 Å². The molecule has 1 aliphatic carbocycles. The zero-order valence-corrected chi connectivity index (χ0v) is 10.3. The first-order chi connectivity index (χ1) is 7.43. The van der Waals surface area contributed by atoms with Crippen LogP contribution in [0.2, 0.25) is 0 Å². The molecule has 0 aromatic rings. The Morgan fingerprint density at radius 2 is 1.27 bits per heavy atom. The number of carbonyl (C=O) groups excluding carboxylic acids is 1. The predicted molar refractivity (Wildman–Crippen MR) is 67.6 cm³/mol. The second kappa shape index (κ2) is 23.3. The van der Waals surface area contributed by atoms with Crippen molar-refractivity contribution in [3.63, 3.8) is 0 Å². The van der Waals surface area contributed by atoms with E-state index >= 15 is 0 Å². The summed E-state index contributed by atoms with van der Waals surface area (Å²) in [5, 5.41) is 0. The molecule has 0 unspecified atom stereocenters. The van der Waals surface area contributed by atoms with Crippen LogP contribution in [0, 0.1) is 0 Å². The second-order valence-electron chi connectivity index (χ2n) is 2.52. The van der Waals surface area contributed by atoms with E-state index < -0.39 is 0 Å². The molecule has 1 fully saturated rings. The molecule has 0 amide bonds. The Labute approximate surface area is 93.9 Å². The standard InChI is InChI=1S/C8H12O.3CH5N/c9-7-6-8-4-2-1-3-5-8;3*1-2/h6-7H,1-5H2;3*2H2,1H3. The molecule has 4 heteroatoms. The van der Waals surface area contributed by atoms with Gasteiger partial charge in [0.1, 0.15) is 6.29 Å². The summed E-state index contributed by atoms with van der Waals surface area (Å²) in [5.41, 5.74) is 14.8. The Kier molecular flexibility index (Phi) is 30.7. The molecule has 0 radical (unpaired) electrons. The van der Waals surface area contributed by atoms with Gasteiger partial charge >= 0.3 is 0 Å². The Morgan fingerprint density at radius 3 is 1.60 bits per heavy atom. The molecule has 0 atom stereocenters. The summed E-state index contributed by atoms with van der Waals surface area (Å²) >= 11 is 0. The number of rotatable bonds is 1. The van der Waals surface area contributed by atoms with Crippen LogP contribution >= 0.6 is 0 Å². The number of allylic oxidation sites excluding steroid dienone is 2. The summed E-state index contributed by atoms with van der Waals surface area (Å²) < 4.78 is 0. The van der Waals surface area contributed by atoms with Crippen molar-refractivity contribution in [1.82, 2.24) is 0 Å². The van der Waals surface area contributed by atoms with E-state index in [0.29, 0.717) is 0 Å². The fourth-order valence-corrected chi connectivity index (χ4v) is 1.27. The van der Waals surface area contributed by atoms with E-state index in [1.165, 1.54) is 46.0 Å². The lowest BCUT2D eigenvalue weighted by atomic mass is 9.95. The number of hydrogen-bond donors (Lipinski definition) is 3. The summed E-state index contributed by atoms with van der Waals surface area (Å²) in [6.45, 7) is 0. The third kappa shape index (κ3) is 16.0. The summed E-state index contributed by atoms with van der Waals surface area (Å²) in [7, 11) is 4.50. The molecule has 92 valence electrons. The van der Waals surface area contributed by atoms with Gasteiger partial charge < -0.3 is 17.2 Å². The number of carbonyl (C=O) groups is 1. The zero-order chi connectivity index (χ0) is 12.5. The Bertz CT molecular complexity index is 128. The van der Waals surface area contributed by atoms with Gasteiger partial charge in [0.2, 0.25) is 0 Å². The Morgan fingerprint density at radius 1 is 0.867 bits per heavy atom. The molecule has 0 aliphatic heterocycles. The molecule has 6 N–H and O–H groups in total. The van der Waals surface area contributed by atoms with Crippen LogP contribution in [0.15, 0.2) is 11.6 Å². The van der Waals surface area contributed by atoms with Gasteiger partial charge in [-0.15, -0.1) is 0 Å². The number of hydrogen-bond acceptors (Lipinski definition) is 4. The number of nitrogens with two attached hydrogens (primary N) is 3. The highest BCUT2D eigenvalue weighted by atomic mass is 16.1. The fourth-order valence-electron chi connectivity index (χ4n) is 1.27. The Balaban J connectivity index is -0.000000208. The lowest BCUT2D eigenvalue weighted by Crippen LogP contribution is -1.93. The third-order valence-corrected chi connectivity index (χ3v) is 1.80. The van der Waals surface area contributed by atoms with Gasteiger partial charge in [-0.2, -0.15) is 0 Å². The van der Waals surface area contributed by atoms with Crippen LogP contribution in [0.4, 0.5) is 0 Å². The molecule has 0 heterocycles. The molecular formula is C11H27N3O. The minimum atomic E-state index is 0.903.